The third-order valence-electron chi connectivity index (χ3n) is 2.60. The van der Waals surface area contributed by atoms with Crippen molar-refractivity contribution in [3.63, 3.8) is 0 Å². The average molecular weight is 233 g/mol. The highest BCUT2D eigenvalue weighted by molar-refractivity contribution is 5.83. The number of nitrogens with one attached hydrogen (secondary N) is 1. The number of esters is 1. The minimum Gasteiger partial charge on any atom is -0.465 e. The molecule has 90 valence electrons. The Hall–Kier alpha value is -1.88. The third-order valence-corrected chi connectivity index (χ3v) is 2.60. The van der Waals surface area contributed by atoms with Crippen LogP contribution in [-0.2, 0) is 16.0 Å². The lowest BCUT2D eigenvalue weighted by Crippen LogP contribution is -2.34. The van der Waals surface area contributed by atoms with Crippen LogP contribution in [0, 0.1) is 0 Å². The van der Waals surface area contributed by atoms with Crippen molar-refractivity contribution in [1.29, 1.82) is 0 Å². The maximum absolute atomic E-state index is 11.4. The van der Waals surface area contributed by atoms with Crippen LogP contribution in [0.5, 0.6) is 0 Å². The zero-order chi connectivity index (χ0) is 12.3. The van der Waals surface area contributed by atoms with E-state index in [1.54, 1.807) is 19.3 Å². The van der Waals surface area contributed by atoms with Crippen molar-refractivity contribution >= 4 is 16.9 Å². The molecule has 0 saturated heterocycles. The summed E-state index contributed by atoms with van der Waals surface area (Å²) < 4.78 is 4.88. The highest BCUT2D eigenvalue weighted by Crippen LogP contribution is 2.17. The molecule has 3 N–H and O–H groups in total. The number of carbonyl (C=O) groups excluding carboxylic acids is 1. The Morgan fingerprint density at radius 2 is 2.47 bits per heavy atom. The van der Waals surface area contributed by atoms with Gasteiger partial charge in [-0.25, -0.2) is 0 Å². The molecule has 2 rings (SSSR count). The van der Waals surface area contributed by atoms with Crippen molar-refractivity contribution in [2.24, 2.45) is 5.73 Å². The summed E-state index contributed by atoms with van der Waals surface area (Å²) in [4.78, 5) is 18.5. The molecule has 0 spiro atoms. The lowest BCUT2D eigenvalue weighted by molar-refractivity contribution is -0.144. The van der Waals surface area contributed by atoms with Gasteiger partial charge in [-0.2, -0.15) is 0 Å². The van der Waals surface area contributed by atoms with E-state index >= 15 is 0 Å². The van der Waals surface area contributed by atoms with E-state index in [2.05, 4.69) is 9.97 Å². The largest absolute Gasteiger partial charge is 0.465 e. The molecule has 0 amide bonds. The van der Waals surface area contributed by atoms with Gasteiger partial charge in [0.15, 0.2) is 0 Å². The number of aromatic amines is 1. The molecular formula is C12H15N3O2. The molecule has 0 aliphatic heterocycles. The Bertz CT molecular complexity index is 521. The van der Waals surface area contributed by atoms with E-state index < -0.39 is 6.04 Å². The Labute approximate surface area is 99.0 Å². The fourth-order valence-corrected chi connectivity index (χ4v) is 1.77. The molecule has 2 heterocycles. The summed E-state index contributed by atoms with van der Waals surface area (Å²) in [5, 5.41) is 1.04. The number of hydrogen-bond donors (Lipinski definition) is 2. The highest BCUT2D eigenvalue weighted by atomic mass is 16.5. The lowest BCUT2D eigenvalue weighted by Gasteiger charge is -2.09. The number of carbonyl (C=O) groups is 1. The molecule has 0 bridgehead atoms. The molecule has 1 atom stereocenters. The van der Waals surface area contributed by atoms with Gasteiger partial charge in [0.25, 0.3) is 0 Å². The number of pyridine rings is 1. The van der Waals surface area contributed by atoms with Crippen LogP contribution in [0.2, 0.25) is 0 Å². The predicted octanol–water partition coefficient (Wildman–Crippen LogP) is 0.996. The second-order valence-corrected chi connectivity index (χ2v) is 3.80. The van der Waals surface area contributed by atoms with Crippen molar-refractivity contribution in [2.45, 2.75) is 19.4 Å². The molecule has 0 radical (unpaired) electrons. The van der Waals surface area contributed by atoms with Crippen LogP contribution >= 0.6 is 0 Å². The van der Waals surface area contributed by atoms with Gasteiger partial charge in [0.05, 0.1) is 18.3 Å². The summed E-state index contributed by atoms with van der Waals surface area (Å²) in [6.45, 7) is 2.12. The third kappa shape index (κ3) is 2.45. The normalized spacial score (nSPS) is 12.6. The Morgan fingerprint density at radius 3 is 3.24 bits per heavy atom. The molecule has 0 aromatic carbocycles. The highest BCUT2D eigenvalue weighted by Gasteiger charge is 2.16. The van der Waals surface area contributed by atoms with Gasteiger partial charge in [-0.15, -0.1) is 0 Å². The van der Waals surface area contributed by atoms with Gasteiger partial charge in [-0.05, 0) is 18.6 Å². The molecule has 0 saturated carbocycles. The first-order chi connectivity index (χ1) is 8.22. The van der Waals surface area contributed by atoms with Gasteiger partial charge in [-0.1, -0.05) is 0 Å². The fourth-order valence-electron chi connectivity index (χ4n) is 1.77. The van der Waals surface area contributed by atoms with E-state index in [1.165, 1.54) is 0 Å². The minimum absolute atomic E-state index is 0.352. The van der Waals surface area contributed by atoms with E-state index in [1.807, 2.05) is 12.3 Å². The Morgan fingerprint density at radius 1 is 1.65 bits per heavy atom. The first-order valence-corrected chi connectivity index (χ1v) is 5.54. The van der Waals surface area contributed by atoms with Gasteiger partial charge >= 0.3 is 5.97 Å². The number of fused-ring (bicyclic) bond motifs is 1. The molecule has 0 aliphatic rings. The van der Waals surface area contributed by atoms with Crippen LogP contribution < -0.4 is 5.73 Å². The van der Waals surface area contributed by atoms with Gasteiger partial charge in [0.1, 0.15) is 6.04 Å². The van der Waals surface area contributed by atoms with Crippen molar-refractivity contribution in [1.82, 2.24) is 9.97 Å². The van der Waals surface area contributed by atoms with Crippen LogP contribution in [-0.4, -0.2) is 28.6 Å². The maximum atomic E-state index is 11.4. The van der Waals surface area contributed by atoms with Crippen molar-refractivity contribution in [3.05, 3.63) is 30.2 Å². The van der Waals surface area contributed by atoms with Gasteiger partial charge in [0.2, 0.25) is 0 Å². The van der Waals surface area contributed by atoms with Crippen LogP contribution in [0.25, 0.3) is 10.9 Å². The number of H-pyrrole nitrogens is 1. The predicted molar refractivity (Wildman–Crippen MR) is 64.4 cm³/mol. The Kier molecular flexibility index (Phi) is 3.39. The van der Waals surface area contributed by atoms with Crippen molar-refractivity contribution in [3.8, 4) is 0 Å². The standard InChI is InChI=1S/C12H15N3O2/c1-2-17-12(16)10(13)5-8-6-15-11-7-14-4-3-9(8)11/h3-4,6-7,10,15H,2,5,13H2,1H3/t10-/m1/s1. The minimum atomic E-state index is -0.623. The molecule has 2 aromatic rings. The molecule has 5 heteroatoms. The summed E-state index contributed by atoms with van der Waals surface area (Å²) in [5.41, 5.74) is 7.73. The zero-order valence-corrected chi connectivity index (χ0v) is 9.64. The zero-order valence-electron chi connectivity index (χ0n) is 9.64. The smallest absolute Gasteiger partial charge is 0.323 e. The number of nitrogens with zero attached hydrogens (tertiary/aromatic N) is 1. The van der Waals surface area contributed by atoms with Gasteiger partial charge in [0, 0.05) is 24.2 Å². The fraction of sp³-hybridized carbons (Fsp3) is 0.333. The molecule has 0 aliphatic carbocycles. The first-order valence-electron chi connectivity index (χ1n) is 5.54. The quantitative estimate of drug-likeness (QED) is 0.772. The van der Waals surface area contributed by atoms with E-state index in [0.717, 1.165) is 16.5 Å². The van der Waals surface area contributed by atoms with E-state index in [9.17, 15) is 4.79 Å². The molecular weight excluding hydrogens is 218 g/mol. The van der Waals surface area contributed by atoms with E-state index in [-0.39, 0.29) is 5.97 Å². The molecule has 17 heavy (non-hydrogen) atoms. The number of hydrogen-bond acceptors (Lipinski definition) is 4. The van der Waals surface area contributed by atoms with Crippen LogP contribution in [0.15, 0.2) is 24.7 Å². The summed E-state index contributed by atoms with van der Waals surface area (Å²) in [5.74, 6) is -0.365. The van der Waals surface area contributed by atoms with Gasteiger partial charge < -0.3 is 15.5 Å². The topological polar surface area (TPSA) is 81.0 Å². The van der Waals surface area contributed by atoms with Crippen LogP contribution in [0.4, 0.5) is 0 Å². The van der Waals surface area contributed by atoms with Crippen LogP contribution in [0.3, 0.4) is 0 Å². The molecule has 0 fully saturated rings. The first kappa shape index (κ1) is 11.6. The summed E-state index contributed by atoms with van der Waals surface area (Å²) in [6.07, 6.45) is 5.78. The van der Waals surface area contributed by atoms with Crippen molar-refractivity contribution in [2.75, 3.05) is 6.61 Å². The molecule has 0 unspecified atom stereocenters. The number of rotatable bonds is 4. The summed E-state index contributed by atoms with van der Waals surface area (Å²) in [6, 6.07) is 1.28. The molecule has 5 nitrogen and oxygen atoms in total. The number of nitrogens with two attached hydrogens (primary N) is 1. The molecule has 2 aromatic heterocycles. The monoisotopic (exact) mass is 233 g/mol. The van der Waals surface area contributed by atoms with E-state index in [4.69, 9.17) is 10.5 Å². The average Bonchev–Trinajstić information content (AvgIpc) is 2.73. The maximum Gasteiger partial charge on any atom is 0.323 e. The second kappa shape index (κ2) is 4.97. The SMILES string of the molecule is CCOC(=O)[C@H](N)Cc1c[nH]c2cnccc12. The van der Waals surface area contributed by atoms with E-state index in [0.29, 0.717) is 13.0 Å². The number of ether oxygens (including phenoxy) is 1. The number of aromatic nitrogens is 2. The second-order valence-electron chi connectivity index (χ2n) is 3.80. The van der Waals surface area contributed by atoms with Crippen molar-refractivity contribution < 1.29 is 9.53 Å². The van der Waals surface area contributed by atoms with Gasteiger partial charge in [-0.3, -0.25) is 9.78 Å². The summed E-state index contributed by atoms with van der Waals surface area (Å²) in [7, 11) is 0. The lowest BCUT2D eigenvalue weighted by atomic mass is 10.1. The summed E-state index contributed by atoms with van der Waals surface area (Å²) >= 11 is 0. The Balaban J connectivity index is 2.16. The van der Waals surface area contributed by atoms with Crippen LogP contribution in [0.1, 0.15) is 12.5 Å².